The average Bonchev–Trinajstić information content (AvgIpc) is 2.62. The number of hydrogen-bond donors (Lipinski definition) is 3. The molecule has 6 nitrogen and oxygen atoms in total. The van der Waals surface area contributed by atoms with Crippen molar-refractivity contribution in [3.63, 3.8) is 0 Å². The molecule has 0 bridgehead atoms. The molecule has 1 fully saturated rings. The maximum atomic E-state index is 12.0. The van der Waals surface area contributed by atoms with Crippen molar-refractivity contribution in [3.8, 4) is 0 Å². The molecule has 1 heterocycles. The second kappa shape index (κ2) is 8.12. The van der Waals surface area contributed by atoms with Gasteiger partial charge in [-0.2, -0.15) is 0 Å². The lowest BCUT2D eigenvalue weighted by molar-refractivity contribution is -0.125. The molecule has 0 aromatic rings. The molecule has 110 valence electrons. The Hall–Kier alpha value is -1.14. The topological polar surface area (TPSA) is 87.5 Å². The summed E-state index contributed by atoms with van der Waals surface area (Å²) in [6.45, 7) is 5.57. The van der Waals surface area contributed by atoms with E-state index in [-0.39, 0.29) is 18.0 Å². The summed E-state index contributed by atoms with van der Waals surface area (Å²) in [5, 5.41) is 4.93. The quantitative estimate of drug-likeness (QED) is 0.691. The summed E-state index contributed by atoms with van der Waals surface area (Å²) in [5.74, 6) is -0.258. The van der Waals surface area contributed by atoms with Crippen LogP contribution in [0.5, 0.6) is 0 Å². The first kappa shape index (κ1) is 15.9. The molecule has 0 aromatic carbocycles. The SMILES string of the molecule is CCNC(=O)NC(=O)C(C)N1CCCCCC1CN. The average molecular weight is 270 g/mol. The second-order valence-electron chi connectivity index (χ2n) is 5.00. The molecule has 1 aliphatic rings. The Balaban J connectivity index is 2.59. The third-order valence-electron chi connectivity index (χ3n) is 3.65. The van der Waals surface area contributed by atoms with Crippen molar-refractivity contribution in [3.05, 3.63) is 0 Å². The maximum Gasteiger partial charge on any atom is 0.321 e. The third kappa shape index (κ3) is 4.80. The molecule has 0 aliphatic carbocycles. The van der Waals surface area contributed by atoms with Crippen LogP contribution in [-0.4, -0.2) is 48.6 Å². The van der Waals surface area contributed by atoms with Crippen LogP contribution in [0.4, 0.5) is 4.79 Å². The highest BCUT2D eigenvalue weighted by Crippen LogP contribution is 2.18. The van der Waals surface area contributed by atoms with E-state index in [1.54, 1.807) is 0 Å². The summed E-state index contributed by atoms with van der Waals surface area (Å²) in [5.41, 5.74) is 5.80. The van der Waals surface area contributed by atoms with Crippen LogP contribution in [0.25, 0.3) is 0 Å². The smallest absolute Gasteiger partial charge is 0.321 e. The molecule has 2 unspecified atom stereocenters. The third-order valence-corrected chi connectivity index (χ3v) is 3.65. The lowest BCUT2D eigenvalue weighted by Gasteiger charge is -2.33. The number of hydrogen-bond acceptors (Lipinski definition) is 4. The minimum atomic E-state index is -0.432. The Morgan fingerprint density at radius 1 is 1.37 bits per heavy atom. The minimum absolute atomic E-state index is 0.234. The van der Waals surface area contributed by atoms with Gasteiger partial charge < -0.3 is 11.1 Å². The fourth-order valence-corrected chi connectivity index (χ4v) is 2.53. The summed E-state index contributed by atoms with van der Waals surface area (Å²) < 4.78 is 0. The van der Waals surface area contributed by atoms with Gasteiger partial charge in [0.15, 0.2) is 0 Å². The highest BCUT2D eigenvalue weighted by atomic mass is 16.2. The normalized spacial score (nSPS) is 22.4. The Labute approximate surface area is 115 Å². The Morgan fingerprint density at radius 3 is 2.74 bits per heavy atom. The van der Waals surface area contributed by atoms with Crippen molar-refractivity contribution in [2.24, 2.45) is 5.73 Å². The summed E-state index contributed by atoms with van der Waals surface area (Å²) in [4.78, 5) is 25.5. The van der Waals surface area contributed by atoms with Gasteiger partial charge in [0.2, 0.25) is 5.91 Å². The van der Waals surface area contributed by atoms with Crippen molar-refractivity contribution in [2.45, 2.75) is 51.6 Å². The number of carbonyl (C=O) groups excluding carboxylic acids is 2. The van der Waals surface area contributed by atoms with E-state index in [1.807, 2.05) is 13.8 Å². The molecule has 0 aromatic heterocycles. The van der Waals surface area contributed by atoms with Gasteiger partial charge in [-0.25, -0.2) is 4.79 Å². The number of rotatable bonds is 4. The number of nitrogens with zero attached hydrogens (tertiary/aromatic N) is 1. The molecule has 19 heavy (non-hydrogen) atoms. The number of urea groups is 1. The van der Waals surface area contributed by atoms with Crippen LogP contribution in [0.3, 0.4) is 0 Å². The van der Waals surface area contributed by atoms with Crippen LogP contribution in [-0.2, 0) is 4.79 Å². The summed E-state index contributed by atoms with van der Waals surface area (Å²) in [6, 6.07) is -0.523. The van der Waals surface area contributed by atoms with Crippen LogP contribution in [0.1, 0.15) is 39.5 Å². The fraction of sp³-hybridized carbons (Fsp3) is 0.846. The lowest BCUT2D eigenvalue weighted by Crippen LogP contribution is -2.54. The largest absolute Gasteiger partial charge is 0.338 e. The molecule has 1 aliphatic heterocycles. The molecule has 6 heteroatoms. The Morgan fingerprint density at radius 2 is 2.11 bits per heavy atom. The van der Waals surface area contributed by atoms with E-state index < -0.39 is 6.03 Å². The number of likely N-dealkylation sites (tertiary alicyclic amines) is 1. The van der Waals surface area contributed by atoms with E-state index in [0.717, 1.165) is 25.8 Å². The van der Waals surface area contributed by atoms with Crippen molar-refractivity contribution in [1.82, 2.24) is 15.5 Å². The van der Waals surface area contributed by atoms with E-state index in [2.05, 4.69) is 15.5 Å². The van der Waals surface area contributed by atoms with Gasteiger partial charge in [-0.1, -0.05) is 12.8 Å². The molecule has 0 radical (unpaired) electrons. The monoisotopic (exact) mass is 270 g/mol. The van der Waals surface area contributed by atoms with E-state index in [1.165, 1.54) is 6.42 Å². The molecule has 1 saturated heterocycles. The second-order valence-corrected chi connectivity index (χ2v) is 5.00. The van der Waals surface area contributed by atoms with Gasteiger partial charge in [0.05, 0.1) is 6.04 Å². The van der Waals surface area contributed by atoms with Crippen molar-refractivity contribution in [1.29, 1.82) is 0 Å². The maximum absolute atomic E-state index is 12.0. The molecular weight excluding hydrogens is 244 g/mol. The minimum Gasteiger partial charge on any atom is -0.338 e. The van der Waals surface area contributed by atoms with Crippen molar-refractivity contribution >= 4 is 11.9 Å². The van der Waals surface area contributed by atoms with Gasteiger partial charge in [-0.3, -0.25) is 15.0 Å². The van der Waals surface area contributed by atoms with Crippen molar-refractivity contribution < 1.29 is 9.59 Å². The number of nitrogens with one attached hydrogen (secondary N) is 2. The molecule has 4 N–H and O–H groups in total. The number of carbonyl (C=O) groups is 2. The zero-order valence-corrected chi connectivity index (χ0v) is 11.9. The standard InChI is InChI=1S/C13H26N4O2/c1-3-15-13(19)16-12(18)10(2)17-8-6-4-5-7-11(17)9-14/h10-11H,3-9,14H2,1-2H3,(H2,15,16,18,19). The molecule has 0 saturated carbocycles. The van der Waals surface area contributed by atoms with Crippen LogP contribution in [0.2, 0.25) is 0 Å². The molecular formula is C13H26N4O2. The molecule has 0 spiro atoms. The first-order valence-electron chi connectivity index (χ1n) is 7.14. The number of nitrogens with two attached hydrogens (primary N) is 1. The Bertz CT molecular complexity index is 309. The van der Waals surface area contributed by atoms with Crippen LogP contribution in [0.15, 0.2) is 0 Å². The van der Waals surface area contributed by atoms with E-state index in [4.69, 9.17) is 5.73 Å². The highest BCUT2D eigenvalue weighted by molar-refractivity contribution is 5.96. The van der Waals surface area contributed by atoms with E-state index in [0.29, 0.717) is 13.1 Å². The first-order chi connectivity index (χ1) is 9.10. The zero-order valence-electron chi connectivity index (χ0n) is 11.9. The Kier molecular flexibility index (Phi) is 6.80. The van der Waals surface area contributed by atoms with E-state index in [9.17, 15) is 9.59 Å². The molecule has 2 atom stereocenters. The fourth-order valence-electron chi connectivity index (χ4n) is 2.53. The number of imide groups is 1. The van der Waals surface area contributed by atoms with Gasteiger partial charge in [0.1, 0.15) is 0 Å². The summed E-state index contributed by atoms with van der Waals surface area (Å²) in [6.07, 6.45) is 4.44. The summed E-state index contributed by atoms with van der Waals surface area (Å²) >= 11 is 0. The molecule has 1 rings (SSSR count). The lowest BCUT2D eigenvalue weighted by atomic mass is 10.1. The van der Waals surface area contributed by atoms with Gasteiger partial charge in [-0.15, -0.1) is 0 Å². The highest BCUT2D eigenvalue weighted by Gasteiger charge is 2.29. The van der Waals surface area contributed by atoms with Crippen molar-refractivity contribution in [2.75, 3.05) is 19.6 Å². The predicted octanol–water partition coefficient (Wildman–Crippen LogP) is 0.424. The zero-order chi connectivity index (χ0) is 14.3. The van der Waals surface area contributed by atoms with Gasteiger partial charge in [-0.05, 0) is 33.2 Å². The van der Waals surface area contributed by atoms with E-state index >= 15 is 0 Å². The summed E-state index contributed by atoms with van der Waals surface area (Å²) in [7, 11) is 0. The van der Waals surface area contributed by atoms with Crippen LogP contribution >= 0.6 is 0 Å². The molecule has 3 amide bonds. The predicted molar refractivity (Wildman–Crippen MR) is 74.7 cm³/mol. The van der Waals surface area contributed by atoms with Gasteiger partial charge >= 0.3 is 6.03 Å². The van der Waals surface area contributed by atoms with Crippen LogP contribution < -0.4 is 16.4 Å². The van der Waals surface area contributed by atoms with Gasteiger partial charge in [0.25, 0.3) is 0 Å². The van der Waals surface area contributed by atoms with Crippen LogP contribution in [0, 0.1) is 0 Å². The van der Waals surface area contributed by atoms with Gasteiger partial charge in [0, 0.05) is 19.1 Å². The number of amides is 3. The first-order valence-corrected chi connectivity index (χ1v) is 7.14.